The molecular formula is C26H29ClO2. The van der Waals surface area contributed by atoms with Crippen LogP contribution in [0, 0.1) is 17.3 Å². The van der Waals surface area contributed by atoms with Crippen LogP contribution in [0.3, 0.4) is 0 Å². The van der Waals surface area contributed by atoms with Gasteiger partial charge in [0, 0.05) is 10.4 Å². The minimum absolute atomic E-state index is 0.0105. The van der Waals surface area contributed by atoms with Crippen molar-refractivity contribution in [3.05, 3.63) is 69.8 Å². The van der Waals surface area contributed by atoms with E-state index in [-0.39, 0.29) is 11.5 Å². The third kappa shape index (κ3) is 3.12. The van der Waals surface area contributed by atoms with E-state index < -0.39 is 0 Å². The molecule has 0 spiro atoms. The van der Waals surface area contributed by atoms with E-state index >= 15 is 0 Å². The van der Waals surface area contributed by atoms with Crippen molar-refractivity contribution in [2.24, 2.45) is 17.3 Å². The van der Waals surface area contributed by atoms with Gasteiger partial charge in [-0.05, 0) is 96.4 Å². The molecule has 0 aliphatic heterocycles. The van der Waals surface area contributed by atoms with Gasteiger partial charge in [-0.1, -0.05) is 42.8 Å². The van der Waals surface area contributed by atoms with Gasteiger partial charge in [0.1, 0.15) is 5.75 Å². The van der Waals surface area contributed by atoms with Gasteiger partial charge in [0.05, 0.1) is 13.2 Å². The Labute approximate surface area is 178 Å². The number of halogens is 1. The van der Waals surface area contributed by atoms with E-state index in [1.54, 1.807) is 7.11 Å². The van der Waals surface area contributed by atoms with Crippen LogP contribution in [0.15, 0.2) is 48.0 Å². The fraction of sp³-hybridized carbons (Fsp3) is 0.462. The number of hydrogen-bond donors (Lipinski definition) is 1. The van der Waals surface area contributed by atoms with E-state index in [0.717, 1.165) is 35.6 Å². The van der Waals surface area contributed by atoms with Crippen LogP contribution in [0.4, 0.5) is 0 Å². The summed E-state index contributed by atoms with van der Waals surface area (Å²) >= 11 is 6.04. The highest BCUT2D eigenvalue weighted by Gasteiger charge is 2.56. The van der Waals surface area contributed by atoms with E-state index in [0.29, 0.717) is 17.8 Å². The topological polar surface area (TPSA) is 29.5 Å². The van der Waals surface area contributed by atoms with Crippen molar-refractivity contribution >= 4 is 17.7 Å². The molecule has 0 amide bonds. The van der Waals surface area contributed by atoms with Gasteiger partial charge in [-0.3, -0.25) is 0 Å². The van der Waals surface area contributed by atoms with E-state index in [1.807, 2.05) is 24.3 Å². The predicted molar refractivity (Wildman–Crippen MR) is 118 cm³/mol. The molecule has 1 N–H and O–H groups in total. The van der Waals surface area contributed by atoms with Crippen LogP contribution in [-0.2, 0) is 6.42 Å². The van der Waals surface area contributed by atoms with Gasteiger partial charge < -0.3 is 9.84 Å². The summed E-state index contributed by atoms with van der Waals surface area (Å²) < 4.78 is 5.44. The molecule has 0 bridgehead atoms. The summed E-state index contributed by atoms with van der Waals surface area (Å²) in [6.07, 6.45) is 7.44. The zero-order chi connectivity index (χ0) is 20.2. The molecule has 3 aliphatic carbocycles. The number of aliphatic hydroxyl groups excluding tert-OH is 1. The van der Waals surface area contributed by atoms with Gasteiger partial charge in [-0.25, -0.2) is 0 Å². The van der Waals surface area contributed by atoms with Crippen LogP contribution in [0.1, 0.15) is 55.2 Å². The zero-order valence-electron chi connectivity index (χ0n) is 17.2. The Bertz CT molecular complexity index is 948. The predicted octanol–water partition coefficient (Wildman–Crippen LogP) is 6.26. The molecule has 0 radical (unpaired) electrons. The number of benzene rings is 2. The number of rotatable bonds is 2. The molecule has 29 heavy (non-hydrogen) atoms. The standard InChI is InChI=1S/C26H29ClO2/c1-26-12-11-22-21-10-8-20(29-2)14-17(21)5-9-23(22)24(26)15-18(25(26)28)13-16-3-6-19(27)7-4-16/h3-4,6-8,10,13-14,22-25,28H,5,9,11-12,15H2,1-2H3/b18-13+/t22-,23-,24-,25+,26+/m1/s1. The molecule has 152 valence electrons. The molecule has 5 rings (SSSR count). The minimum Gasteiger partial charge on any atom is -0.497 e. The lowest BCUT2D eigenvalue weighted by Crippen LogP contribution is -2.44. The first-order valence-electron chi connectivity index (χ1n) is 10.8. The summed E-state index contributed by atoms with van der Waals surface area (Å²) in [4.78, 5) is 0. The maximum absolute atomic E-state index is 11.3. The molecule has 0 unspecified atom stereocenters. The van der Waals surface area contributed by atoms with E-state index in [9.17, 15) is 5.11 Å². The van der Waals surface area contributed by atoms with E-state index in [2.05, 4.69) is 31.2 Å². The largest absolute Gasteiger partial charge is 0.497 e. The molecule has 3 heteroatoms. The Morgan fingerprint density at radius 3 is 2.69 bits per heavy atom. The van der Waals surface area contributed by atoms with Crippen molar-refractivity contribution in [3.8, 4) is 5.75 Å². The summed E-state index contributed by atoms with van der Waals surface area (Å²) in [6.45, 7) is 2.32. The van der Waals surface area contributed by atoms with Gasteiger partial charge in [-0.2, -0.15) is 0 Å². The third-order valence-corrected chi connectivity index (χ3v) is 8.28. The summed E-state index contributed by atoms with van der Waals surface area (Å²) in [6, 6.07) is 14.6. The first-order valence-corrected chi connectivity index (χ1v) is 11.2. The lowest BCUT2D eigenvalue weighted by molar-refractivity contribution is -0.0158. The maximum atomic E-state index is 11.3. The number of hydrogen-bond acceptors (Lipinski definition) is 2. The van der Waals surface area contributed by atoms with Gasteiger partial charge >= 0.3 is 0 Å². The number of aryl methyl sites for hydroxylation is 1. The maximum Gasteiger partial charge on any atom is 0.119 e. The fourth-order valence-corrected chi connectivity index (χ4v) is 6.58. The van der Waals surface area contributed by atoms with Crippen molar-refractivity contribution in [1.82, 2.24) is 0 Å². The molecule has 0 heterocycles. The van der Waals surface area contributed by atoms with Crippen LogP contribution in [-0.4, -0.2) is 18.3 Å². The second-order valence-electron chi connectivity index (χ2n) is 9.40. The van der Waals surface area contributed by atoms with Gasteiger partial charge in [0.2, 0.25) is 0 Å². The van der Waals surface area contributed by atoms with Crippen molar-refractivity contribution in [3.63, 3.8) is 0 Å². The molecule has 2 nitrogen and oxygen atoms in total. The lowest BCUT2D eigenvalue weighted by atomic mass is 9.55. The molecule has 2 fully saturated rings. The van der Waals surface area contributed by atoms with Crippen molar-refractivity contribution in [2.75, 3.05) is 7.11 Å². The van der Waals surface area contributed by atoms with Crippen LogP contribution < -0.4 is 4.74 Å². The van der Waals surface area contributed by atoms with Crippen LogP contribution in [0.25, 0.3) is 6.08 Å². The molecule has 2 aromatic rings. The molecular weight excluding hydrogens is 380 g/mol. The molecule has 0 saturated heterocycles. The summed E-state index contributed by atoms with van der Waals surface area (Å²) in [7, 11) is 1.74. The number of ether oxygens (including phenoxy) is 1. The van der Waals surface area contributed by atoms with Crippen molar-refractivity contribution in [2.45, 2.75) is 51.0 Å². The molecule has 5 atom stereocenters. The van der Waals surface area contributed by atoms with Crippen LogP contribution in [0.5, 0.6) is 5.75 Å². The Morgan fingerprint density at radius 2 is 1.93 bits per heavy atom. The molecule has 3 aliphatic rings. The average molecular weight is 409 g/mol. The Balaban J connectivity index is 1.46. The molecule has 2 saturated carbocycles. The zero-order valence-corrected chi connectivity index (χ0v) is 18.0. The highest BCUT2D eigenvalue weighted by molar-refractivity contribution is 6.30. The Hall–Kier alpha value is -1.77. The quantitative estimate of drug-likeness (QED) is 0.635. The lowest BCUT2D eigenvalue weighted by Gasteiger charge is -2.49. The van der Waals surface area contributed by atoms with Crippen LogP contribution in [0.2, 0.25) is 5.02 Å². The highest BCUT2D eigenvalue weighted by atomic mass is 35.5. The smallest absolute Gasteiger partial charge is 0.119 e. The van der Waals surface area contributed by atoms with E-state index in [4.69, 9.17) is 16.3 Å². The molecule has 2 aromatic carbocycles. The second kappa shape index (κ2) is 7.18. The summed E-state index contributed by atoms with van der Waals surface area (Å²) in [5, 5.41) is 12.1. The van der Waals surface area contributed by atoms with Gasteiger partial charge in [0.15, 0.2) is 0 Å². The molecule has 0 aromatic heterocycles. The SMILES string of the molecule is COc1ccc2c(c1)CC[C@@H]1[C@@H]2CC[C@@]2(C)[C@@H]1C/C(=C\c1ccc(Cl)cc1)[C@@H]2O. The third-order valence-electron chi connectivity index (χ3n) is 8.02. The monoisotopic (exact) mass is 408 g/mol. The summed E-state index contributed by atoms with van der Waals surface area (Å²) in [5.41, 5.74) is 5.30. The fourth-order valence-electron chi connectivity index (χ4n) is 6.46. The minimum atomic E-state index is -0.346. The normalized spacial score (nSPS) is 34.4. The number of aliphatic hydroxyl groups is 1. The van der Waals surface area contributed by atoms with Crippen LogP contribution >= 0.6 is 11.6 Å². The Kier molecular flexibility index (Phi) is 4.75. The van der Waals surface area contributed by atoms with Crippen molar-refractivity contribution in [1.29, 1.82) is 0 Å². The first-order chi connectivity index (χ1) is 14.0. The highest BCUT2D eigenvalue weighted by Crippen LogP contribution is 2.62. The van der Waals surface area contributed by atoms with Gasteiger partial charge in [0.25, 0.3) is 0 Å². The van der Waals surface area contributed by atoms with Crippen molar-refractivity contribution < 1.29 is 9.84 Å². The Morgan fingerprint density at radius 1 is 1.14 bits per heavy atom. The number of methoxy groups -OCH3 is 1. The average Bonchev–Trinajstić information content (AvgIpc) is 2.99. The number of fused-ring (bicyclic) bond motifs is 5. The summed E-state index contributed by atoms with van der Waals surface area (Å²) in [5.74, 6) is 2.78. The second-order valence-corrected chi connectivity index (χ2v) is 9.84. The first kappa shape index (κ1) is 19.2. The van der Waals surface area contributed by atoms with E-state index in [1.165, 1.54) is 29.5 Å². The van der Waals surface area contributed by atoms with Gasteiger partial charge in [-0.15, -0.1) is 0 Å².